The molecule has 19 heavy (non-hydrogen) atoms. The van der Waals surface area contributed by atoms with Gasteiger partial charge in [0, 0.05) is 26.5 Å². The number of anilines is 2. The minimum absolute atomic E-state index is 0.0187. The van der Waals surface area contributed by atoms with Crippen LogP contribution in [0.5, 0.6) is 0 Å². The van der Waals surface area contributed by atoms with Gasteiger partial charge in [0.2, 0.25) is 5.91 Å². The second-order valence-corrected chi connectivity index (χ2v) is 4.14. The van der Waals surface area contributed by atoms with Gasteiger partial charge in [0.25, 0.3) is 0 Å². The minimum Gasteiger partial charge on any atom is -0.373 e. The Labute approximate surface area is 112 Å². The van der Waals surface area contributed by atoms with Gasteiger partial charge in [-0.1, -0.05) is 0 Å². The molecule has 0 saturated heterocycles. The van der Waals surface area contributed by atoms with Crippen molar-refractivity contribution in [2.75, 3.05) is 24.3 Å². The highest BCUT2D eigenvalue weighted by Crippen LogP contribution is 2.14. The third kappa shape index (κ3) is 3.28. The lowest BCUT2D eigenvalue weighted by Gasteiger charge is -2.17. The molecular weight excluding hydrogens is 240 g/mol. The quantitative estimate of drug-likeness (QED) is 0.905. The number of nitrogens with zero attached hydrogens (tertiary/aromatic N) is 3. The Morgan fingerprint density at radius 3 is 2.58 bits per heavy atom. The van der Waals surface area contributed by atoms with Crippen LogP contribution >= 0.6 is 0 Å². The Morgan fingerprint density at radius 1 is 1.26 bits per heavy atom. The average Bonchev–Trinajstić information content (AvgIpc) is 2.47. The van der Waals surface area contributed by atoms with Crippen LogP contribution in [0.3, 0.4) is 0 Å². The molecule has 2 aromatic heterocycles. The number of amides is 1. The van der Waals surface area contributed by atoms with E-state index in [9.17, 15) is 4.79 Å². The maximum Gasteiger partial charge on any atom is 0.231 e. The van der Waals surface area contributed by atoms with Crippen molar-refractivity contribution in [3.63, 3.8) is 0 Å². The summed E-state index contributed by atoms with van der Waals surface area (Å²) in [6.07, 6.45) is 5.40. The highest BCUT2D eigenvalue weighted by atomic mass is 16.2. The predicted molar refractivity (Wildman–Crippen MR) is 75.1 cm³/mol. The Kier molecular flexibility index (Phi) is 4.07. The number of hydrogen-bond acceptors (Lipinski definition) is 4. The number of likely N-dealkylation sites (N-methyl/N-ethyl adjacent to an activating group) is 1. The summed E-state index contributed by atoms with van der Waals surface area (Å²) >= 11 is 0. The third-order valence-corrected chi connectivity index (χ3v) is 2.87. The van der Waals surface area contributed by atoms with Crippen molar-refractivity contribution in [2.45, 2.75) is 6.42 Å². The van der Waals surface area contributed by atoms with E-state index in [4.69, 9.17) is 0 Å². The lowest BCUT2D eigenvalue weighted by atomic mass is 10.2. The molecule has 2 heterocycles. The summed E-state index contributed by atoms with van der Waals surface area (Å²) in [7, 11) is 3.56. The van der Waals surface area contributed by atoms with Gasteiger partial charge in [-0.3, -0.25) is 9.78 Å². The van der Waals surface area contributed by atoms with Gasteiger partial charge < -0.3 is 10.2 Å². The van der Waals surface area contributed by atoms with Gasteiger partial charge in [-0.05, 0) is 29.8 Å². The van der Waals surface area contributed by atoms with Crippen molar-refractivity contribution in [2.24, 2.45) is 0 Å². The molecule has 0 atom stereocenters. The molecule has 2 rings (SSSR count). The molecule has 0 fully saturated rings. The van der Waals surface area contributed by atoms with E-state index >= 15 is 0 Å². The summed E-state index contributed by atoms with van der Waals surface area (Å²) in [6, 6.07) is 7.39. The van der Waals surface area contributed by atoms with Crippen molar-refractivity contribution in [1.82, 2.24) is 9.97 Å². The number of pyridine rings is 2. The van der Waals surface area contributed by atoms with Crippen LogP contribution in [0, 0.1) is 0 Å². The zero-order valence-corrected chi connectivity index (χ0v) is 11.0. The van der Waals surface area contributed by atoms with Crippen molar-refractivity contribution in [1.29, 1.82) is 0 Å². The molecule has 2 aromatic rings. The summed E-state index contributed by atoms with van der Waals surface area (Å²) in [5, 5.41) is 2.94. The monoisotopic (exact) mass is 256 g/mol. The molecule has 1 N–H and O–H groups in total. The van der Waals surface area contributed by atoms with Crippen molar-refractivity contribution in [3.05, 3.63) is 48.4 Å². The van der Waals surface area contributed by atoms with Gasteiger partial charge >= 0.3 is 0 Å². The van der Waals surface area contributed by atoms with E-state index in [2.05, 4.69) is 15.3 Å². The maximum atomic E-state index is 12.1. The van der Waals surface area contributed by atoms with Crippen LogP contribution in [-0.2, 0) is 11.2 Å². The average molecular weight is 256 g/mol. The zero-order valence-electron chi connectivity index (χ0n) is 11.0. The topological polar surface area (TPSA) is 58.1 Å². The third-order valence-electron chi connectivity index (χ3n) is 2.87. The van der Waals surface area contributed by atoms with Crippen LogP contribution in [0.4, 0.5) is 11.5 Å². The highest BCUT2D eigenvalue weighted by Gasteiger charge is 2.11. The van der Waals surface area contributed by atoms with E-state index in [-0.39, 0.29) is 5.91 Å². The molecule has 0 bridgehead atoms. The minimum atomic E-state index is 0.0187. The van der Waals surface area contributed by atoms with Crippen molar-refractivity contribution in [3.8, 4) is 0 Å². The van der Waals surface area contributed by atoms with Crippen LogP contribution in [0.15, 0.2) is 42.9 Å². The van der Waals surface area contributed by atoms with Gasteiger partial charge in [-0.2, -0.15) is 0 Å². The normalized spacial score (nSPS) is 10.0. The molecule has 0 unspecified atom stereocenters. The smallest absolute Gasteiger partial charge is 0.231 e. The number of carbonyl (C=O) groups is 1. The lowest BCUT2D eigenvalue weighted by molar-refractivity contribution is -0.117. The van der Waals surface area contributed by atoms with Gasteiger partial charge in [-0.15, -0.1) is 0 Å². The standard InChI is InChI=1S/C14H16N4O/c1-15-13-4-3-12(10-17-13)18(2)14(19)9-11-5-7-16-8-6-11/h3-8,10H,9H2,1-2H3,(H,15,17). The van der Waals surface area contributed by atoms with Crippen LogP contribution in [0.1, 0.15) is 5.56 Å². The number of carbonyl (C=O) groups excluding carboxylic acids is 1. The number of rotatable bonds is 4. The molecule has 0 radical (unpaired) electrons. The van der Waals surface area contributed by atoms with Crippen LogP contribution in [0.2, 0.25) is 0 Å². The second-order valence-electron chi connectivity index (χ2n) is 4.14. The number of nitrogens with one attached hydrogen (secondary N) is 1. The van der Waals surface area contributed by atoms with Crippen molar-refractivity contribution < 1.29 is 4.79 Å². The first kappa shape index (κ1) is 13.0. The summed E-state index contributed by atoms with van der Waals surface area (Å²) in [5.41, 5.74) is 1.73. The molecule has 5 heteroatoms. The van der Waals surface area contributed by atoms with E-state index in [0.717, 1.165) is 17.1 Å². The van der Waals surface area contributed by atoms with Gasteiger partial charge in [0.05, 0.1) is 18.3 Å². The van der Waals surface area contributed by atoms with E-state index in [1.54, 1.807) is 37.6 Å². The summed E-state index contributed by atoms with van der Waals surface area (Å²) in [6.45, 7) is 0. The first-order valence-electron chi connectivity index (χ1n) is 6.00. The summed E-state index contributed by atoms with van der Waals surface area (Å²) in [5.74, 6) is 0.795. The molecule has 0 aliphatic rings. The Balaban J connectivity index is 2.06. The van der Waals surface area contributed by atoms with Crippen LogP contribution in [-0.4, -0.2) is 30.0 Å². The maximum absolute atomic E-state index is 12.1. The fraction of sp³-hybridized carbons (Fsp3) is 0.214. The van der Waals surface area contributed by atoms with E-state index in [1.807, 2.05) is 24.3 Å². The molecule has 0 saturated carbocycles. The Morgan fingerprint density at radius 2 is 2.00 bits per heavy atom. The molecule has 0 aromatic carbocycles. The fourth-order valence-electron chi connectivity index (χ4n) is 1.67. The zero-order chi connectivity index (χ0) is 13.7. The molecule has 0 aliphatic heterocycles. The highest BCUT2D eigenvalue weighted by molar-refractivity contribution is 5.94. The molecule has 1 amide bonds. The summed E-state index contributed by atoms with van der Waals surface area (Å²) in [4.78, 5) is 21.9. The first-order valence-corrected chi connectivity index (χ1v) is 6.00. The fourth-order valence-corrected chi connectivity index (χ4v) is 1.67. The van der Waals surface area contributed by atoms with Crippen LogP contribution < -0.4 is 10.2 Å². The second kappa shape index (κ2) is 5.95. The Hall–Kier alpha value is -2.43. The number of hydrogen-bond donors (Lipinski definition) is 1. The molecule has 0 aliphatic carbocycles. The van der Waals surface area contributed by atoms with Gasteiger partial charge in [0.15, 0.2) is 0 Å². The molecule has 98 valence electrons. The van der Waals surface area contributed by atoms with E-state index in [1.165, 1.54) is 0 Å². The van der Waals surface area contributed by atoms with Gasteiger partial charge in [-0.25, -0.2) is 4.98 Å². The molecule has 0 spiro atoms. The largest absolute Gasteiger partial charge is 0.373 e. The van der Waals surface area contributed by atoms with E-state index < -0.39 is 0 Å². The predicted octanol–water partition coefficient (Wildman–Crippen LogP) is 1.72. The Bertz CT molecular complexity index is 539. The lowest BCUT2D eigenvalue weighted by Crippen LogP contribution is -2.27. The number of aromatic nitrogens is 2. The van der Waals surface area contributed by atoms with Gasteiger partial charge in [0.1, 0.15) is 5.82 Å². The summed E-state index contributed by atoms with van der Waals surface area (Å²) < 4.78 is 0. The van der Waals surface area contributed by atoms with Crippen molar-refractivity contribution >= 4 is 17.4 Å². The van der Waals surface area contributed by atoms with E-state index in [0.29, 0.717) is 6.42 Å². The first-order chi connectivity index (χ1) is 9.20. The molecule has 5 nitrogen and oxygen atoms in total. The molecular formula is C14H16N4O. The SMILES string of the molecule is CNc1ccc(N(C)C(=O)Cc2ccncc2)cn1. The van der Waals surface area contributed by atoms with Crippen LogP contribution in [0.25, 0.3) is 0 Å².